The Morgan fingerprint density at radius 3 is 2.80 bits per heavy atom. The largest absolute Gasteiger partial charge is 0.243 e. The van der Waals surface area contributed by atoms with Gasteiger partial charge in [0.25, 0.3) is 0 Å². The summed E-state index contributed by atoms with van der Waals surface area (Å²) in [5.41, 5.74) is 0.760. The van der Waals surface area contributed by atoms with Gasteiger partial charge in [-0.15, -0.1) is 0 Å². The highest BCUT2D eigenvalue weighted by Gasteiger charge is 2.17. The van der Waals surface area contributed by atoms with E-state index in [9.17, 15) is 8.42 Å². The van der Waals surface area contributed by atoms with E-state index in [0.717, 1.165) is 12.0 Å². The second-order valence-electron chi connectivity index (χ2n) is 3.20. The van der Waals surface area contributed by atoms with Crippen molar-refractivity contribution in [2.45, 2.75) is 25.2 Å². The van der Waals surface area contributed by atoms with Crippen LogP contribution >= 0.6 is 11.6 Å². The first kappa shape index (κ1) is 12.4. The summed E-state index contributed by atoms with van der Waals surface area (Å²) in [4.78, 5) is 3.84. The van der Waals surface area contributed by atoms with Crippen LogP contribution in [0.2, 0.25) is 5.15 Å². The quantitative estimate of drug-likeness (QED) is 0.826. The Labute approximate surface area is 94.7 Å². The molecule has 0 aliphatic carbocycles. The lowest BCUT2D eigenvalue weighted by Gasteiger charge is -2.07. The summed E-state index contributed by atoms with van der Waals surface area (Å²) in [6, 6.07) is 1.51. The molecule has 15 heavy (non-hydrogen) atoms. The maximum absolute atomic E-state index is 11.7. The normalized spacial score (nSPS) is 11.7. The van der Waals surface area contributed by atoms with Crippen LogP contribution in [-0.4, -0.2) is 19.9 Å². The molecule has 0 spiro atoms. The fraction of sp³-hybridized carbons (Fsp3) is 0.444. The van der Waals surface area contributed by atoms with Gasteiger partial charge in [-0.2, -0.15) is 0 Å². The molecule has 1 heterocycles. The monoisotopic (exact) mass is 248 g/mol. The van der Waals surface area contributed by atoms with Gasteiger partial charge in [0.2, 0.25) is 10.0 Å². The Bertz CT molecular complexity index is 445. The first-order valence-corrected chi connectivity index (χ1v) is 6.45. The van der Waals surface area contributed by atoms with Gasteiger partial charge in [-0.1, -0.05) is 18.5 Å². The number of sulfonamides is 1. The second kappa shape index (κ2) is 4.92. The van der Waals surface area contributed by atoms with E-state index in [1.807, 2.05) is 6.92 Å². The van der Waals surface area contributed by atoms with E-state index in [1.165, 1.54) is 12.3 Å². The molecule has 0 saturated heterocycles. The number of halogens is 1. The molecule has 0 atom stereocenters. The van der Waals surface area contributed by atoms with Gasteiger partial charge < -0.3 is 0 Å². The van der Waals surface area contributed by atoms with Gasteiger partial charge in [-0.25, -0.2) is 18.1 Å². The van der Waals surface area contributed by atoms with E-state index in [0.29, 0.717) is 6.54 Å². The average Bonchev–Trinajstić information content (AvgIpc) is 2.18. The average molecular weight is 249 g/mol. The van der Waals surface area contributed by atoms with E-state index in [-0.39, 0.29) is 10.0 Å². The van der Waals surface area contributed by atoms with E-state index in [4.69, 9.17) is 11.6 Å². The van der Waals surface area contributed by atoms with Crippen molar-refractivity contribution in [1.82, 2.24) is 9.71 Å². The van der Waals surface area contributed by atoms with Crippen molar-refractivity contribution in [3.05, 3.63) is 23.0 Å². The van der Waals surface area contributed by atoms with Gasteiger partial charge in [0.05, 0.1) is 0 Å². The number of rotatable bonds is 4. The Hall–Kier alpha value is -0.650. The van der Waals surface area contributed by atoms with Crippen LogP contribution in [0, 0.1) is 6.92 Å². The molecule has 0 fully saturated rings. The minimum Gasteiger partial charge on any atom is -0.243 e. The van der Waals surface area contributed by atoms with Gasteiger partial charge in [0, 0.05) is 12.7 Å². The van der Waals surface area contributed by atoms with E-state index < -0.39 is 10.0 Å². The number of hydrogen-bond acceptors (Lipinski definition) is 3. The van der Waals surface area contributed by atoms with Crippen LogP contribution in [0.15, 0.2) is 17.2 Å². The van der Waals surface area contributed by atoms with Crippen molar-refractivity contribution in [2.75, 3.05) is 6.54 Å². The van der Waals surface area contributed by atoms with E-state index in [2.05, 4.69) is 9.71 Å². The molecule has 1 aromatic rings. The van der Waals surface area contributed by atoms with Crippen LogP contribution in [0.4, 0.5) is 0 Å². The molecular weight excluding hydrogens is 236 g/mol. The summed E-state index contributed by atoms with van der Waals surface area (Å²) in [6.45, 7) is 4.05. The molecule has 0 radical (unpaired) electrons. The Kier molecular flexibility index (Phi) is 4.07. The predicted octanol–water partition coefficient (Wildman–Crippen LogP) is 1.73. The number of aryl methyl sites for hydroxylation is 1. The highest BCUT2D eigenvalue weighted by atomic mass is 35.5. The van der Waals surface area contributed by atoms with Gasteiger partial charge in [0.1, 0.15) is 10.0 Å². The highest BCUT2D eigenvalue weighted by Crippen LogP contribution is 2.19. The summed E-state index contributed by atoms with van der Waals surface area (Å²) >= 11 is 5.73. The molecule has 1 aromatic heterocycles. The molecule has 1 rings (SSSR count). The fourth-order valence-corrected chi connectivity index (χ4v) is 2.68. The number of pyridine rings is 1. The third kappa shape index (κ3) is 3.15. The Balaban J connectivity index is 3.09. The maximum atomic E-state index is 11.7. The number of hydrogen-bond donors (Lipinski definition) is 1. The SMILES string of the molecule is CCCNS(=O)(=O)c1cc(C)cnc1Cl. The van der Waals surface area contributed by atoms with Crippen LogP contribution < -0.4 is 4.72 Å². The Morgan fingerprint density at radius 1 is 1.53 bits per heavy atom. The van der Waals surface area contributed by atoms with Gasteiger partial charge in [-0.05, 0) is 25.0 Å². The third-order valence-electron chi connectivity index (χ3n) is 1.78. The third-order valence-corrected chi connectivity index (χ3v) is 3.66. The lowest BCUT2D eigenvalue weighted by molar-refractivity contribution is 0.580. The highest BCUT2D eigenvalue weighted by molar-refractivity contribution is 7.89. The first-order valence-electron chi connectivity index (χ1n) is 4.59. The lowest BCUT2D eigenvalue weighted by atomic mass is 10.3. The van der Waals surface area contributed by atoms with Gasteiger partial charge >= 0.3 is 0 Å². The van der Waals surface area contributed by atoms with Crippen molar-refractivity contribution in [2.24, 2.45) is 0 Å². The maximum Gasteiger partial charge on any atom is 0.243 e. The van der Waals surface area contributed by atoms with Crippen molar-refractivity contribution < 1.29 is 8.42 Å². The summed E-state index contributed by atoms with van der Waals surface area (Å²) < 4.78 is 25.9. The van der Waals surface area contributed by atoms with Gasteiger partial charge in [0.15, 0.2) is 0 Å². The minimum absolute atomic E-state index is 0.00389. The standard InChI is InChI=1S/C9H13ClN2O2S/c1-3-4-12-15(13,14)8-5-7(2)6-11-9(8)10/h5-6,12H,3-4H2,1-2H3. The zero-order valence-corrected chi connectivity index (χ0v) is 10.2. The van der Waals surface area contributed by atoms with E-state index in [1.54, 1.807) is 6.92 Å². The molecule has 84 valence electrons. The lowest BCUT2D eigenvalue weighted by Crippen LogP contribution is -2.25. The first-order chi connectivity index (χ1) is 6.97. The van der Waals surface area contributed by atoms with Crippen LogP contribution in [0.25, 0.3) is 0 Å². The molecule has 1 N–H and O–H groups in total. The Morgan fingerprint density at radius 2 is 2.20 bits per heavy atom. The van der Waals surface area contributed by atoms with Crippen LogP contribution in [0.5, 0.6) is 0 Å². The zero-order chi connectivity index (χ0) is 11.5. The summed E-state index contributed by atoms with van der Waals surface area (Å²) in [7, 11) is -3.52. The van der Waals surface area contributed by atoms with Gasteiger partial charge in [-0.3, -0.25) is 0 Å². The summed E-state index contributed by atoms with van der Waals surface area (Å²) in [6.07, 6.45) is 2.26. The molecular formula is C9H13ClN2O2S. The predicted molar refractivity (Wildman–Crippen MR) is 59.5 cm³/mol. The molecule has 0 aromatic carbocycles. The number of nitrogens with one attached hydrogen (secondary N) is 1. The molecule has 0 aliphatic rings. The van der Waals surface area contributed by atoms with Crippen LogP contribution in [0.3, 0.4) is 0 Å². The van der Waals surface area contributed by atoms with Crippen LogP contribution in [-0.2, 0) is 10.0 Å². The van der Waals surface area contributed by atoms with Crippen molar-refractivity contribution in [1.29, 1.82) is 0 Å². The molecule has 6 heteroatoms. The number of aromatic nitrogens is 1. The zero-order valence-electron chi connectivity index (χ0n) is 8.62. The summed E-state index contributed by atoms with van der Waals surface area (Å²) in [5, 5.41) is 0.00389. The van der Waals surface area contributed by atoms with Crippen molar-refractivity contribution in [3.8, 4) is 0 Å². The molecule has 0 saturated carbocycles. The topological polar surface area (TPSA) is 59.1 Å². The van der Waals surface area contributed by atoms with Crippen molar-refractivity contribution >= 4 is 21.6 Å². The summed E-state index contributed by atoms with van der Waals surface area (Å²) in [5.74, 6) is 0. The van der Waals surface area contributed by atoms with Crippen LogP contribution in [0.1, 0.15) is 18.9 Å². The number of nitrogens with zero attached hydrogens (tertiary/aromatic N) is 1. The molecule has 0 bridgehead atoms. The molecule has 0 unspecified atom stereocenters. The molecule has 4 nitrogen and oxygen atoms in total. The smallest absolute Gasteiger partial charge is 0.243 e. The molecule has 0 amide bonds. The van der Waals surface area contributed by atoms with Crippen molar-refractivity contribution in [3.63, 3.8) is 0 Å². The van der Waals surface area contributed by atoms with E-state index >= 15 is 0 Å². The second-order valence-corrected chi connectivity index (χ2v) is 5.29. The fourth-order valence-electron chi connectivity index (χ4n) is 1.03. The minimum atomic E-state index is -3.52. The molecule has 0 aliphatic heterocycles.